The minimum atomic E-state index is 0.208. The summed E-state index contributed by atoms with van der Waals surface area (Å²) in [5.74, 6) is 0.500. The lowest BCUT2D eigenvalue weighted by Crippen LogP contribution is -2.42. The quantitative estimate of drug-likeness (QED) is 0.269. The topological polar surface area (TPSA) is 108 Å². The molecule has 1 aliphatic heterocycles. The van der Waals surface area contributed by atoms with Crippen LogP contribution >= 0.6 is 0 Å². The first-order chi connectivity index (χ1) is 17.9. The van der Waals surface area contributed by atoms with E-state index in [9.17, 15) is 5.11 Å². The number of hydrogen-bond acceptors (Lipinski definition) is 6. The van der Waals surface area contributed by atoms with Crippen molar-refractivity contribution in [1.29, 1.82) is 0 Å². The number of amidine groups is 1. The molecule has 2 aromatic carbocycles. The number of nitrogens with two attached hydrogens (primary N) is 2. The summed E-state index contributed by atoms with van der Waals surface area (Å²) in [4.78, 5) is 9.42. The van der Waals surface area contributed by atoms with Gasteiger partial charge in [0.25, 0.3) is 0 Å². The molecule has 0 radical (unpaired) electrons. The minimum Gasteiger partial charge on any atom is -0.508 e. The Bertz CT molecular complexity index is 1450. The number of rotatable bonds is 6. The molecule has 1 saturated heterocycles. The lowest BCUT2D eigenvalue weighted by molar-refractivity contribution is 0.250. The molecule has 8 nitrogen and oxygen atoms in total. The van der Waals surface area contributed by atoms with Crippen LogP contribution in [-0.4, -0.2) is 58.7 Å². The number of aromatic hydroxyl groups is 1. The molecule has 0 aliphatic carbocycles. The van der Waals surface area contributed by atoms with E-state index in [2.05, 4.69) is 64.3 Å². The van der Waals surface area contributed by atoms with Crippen LogP contribution in [0.15, 0.2) is 65.9 Å². The fraction of sp³-hybridized carbons (Fsp3) is 0.310. The number of aryl methyl sites for hydroxylation is 1. The van der Waals surface area contributed by atoms with Crippen LogP contribution < -0.4 is 16.4 Å². The van der Waals surface area contributed by atoms with E-state index >= 15 is 0 Å². The minimum absolute atomic E-state index is 0.208. The molecule has 5 rings (SSSR count). The summed E-state index contributed by atoms with van der Waals surface area (Å²) in [6, 6.07) is 16.3. The molecular formula is C29H35N7O. The lowest BCUT2D eigenvalue weighted by atomic mass is 10.00. The van der Waals surface area contributed by atoms with Crippen molar-refractivity contribution in [2.24, 2.45) is 10.7 Å². The van der Waals surface area contributed by atoms with Crippen LogP contribution in [0.4, 0.5) is 17.1 Å². The van der Waals surface area contributed by atoms with E-state index in [1.54, 1.807) is 28.9 Å². The number of phenols is 1. The highest BCUT2D eigenvalue weighted by Gasteiger charge is 2.23. The van der Waals surface area contributed by atoms with Gasteiger partial charge >= 0.3 is 0 Å². The van der Waals surface area contributed by atoms with Crippen molar-refractivity contribution in [3.8, 4) is 16.9 Å². The van der Waals surface area contributed by atoms with Gasteiger partial charge in [-0.1, -0.05) is 25.1 Å². The van der Waals surface area contributed by atoms with Gasteiger partial charge in [0.2, 0.25) is 0 Å². The molecule has 0 amide bonds. The SMILES string of the molecule is CCc1cc(O)ccc1N=C(N)c1cnn2cc(-c3ccccc3N3CCC(N(C)C)CC3)cc2c1N. The average Bonchev–Trinajstić information content (AvgIpc) is 3.35. The summed E-state index contributed by atoms with van der Waals surface area (Å²) < 4.78 is 1.80. The summed E-state index contributed by atoms with van der Waals surface area (Å²) in [5.41, 5.74) is 20.0. The van der Waals surface area contributed by atoms with E-state index in [0.717, 1.165) is 54.6 Å². The number of nitrogen functional groups attached to an aromatic ring is 1. The molecule has 3 heterocycles. The van der Waals surface area contributed by atoms with Crippen LogP contribution in [0, 0.1) is 0 Å². The van der Waals surface area contributed by atoms with Crippen molar-refractivity contribution in [2.75, 3.05) is 37.8 Å². The number of hydrogen-bond donors (Lipinski definition) is 3. The van der Waals surface area contributed by atoms with Gasteiger partial charge in [-0.3, -0.25) is 0 Å². The molecule has 1 fully saturated rings. The fourth-order valence-electron chi connectivity index (χ4n) is 5.20. The van der Waals surface area contributed by atoms with Gasteiger partial charge in [0, 0.05) is 42.1 Å². The second kappa shape index (κ2) is 10.1. The predicted molar refractivity (Wildman–Crippen MR) is 152 cm³/mol. The molecule has 2 aromatic heterocycles. The number of phenolic OH excluding ortho intramolecular Hbond substituents is 1. The second-order valence-electron chi connectivity index (χ2n) is 9.89. The zero-order chi connectivity index (χ0) is 26.1. The van der Waals surface area contributed by atoms with E-state index in [-0.39, 0.29) is 5.75 Å². The lowest BCUT2D eigenvalue weighted by Gasteiger charge is -2.37. The molecule has 0 unspecified atom stereocenters. The molecule has 192 valence electrons. The van der Waals surface area contributed by atoms with E-state index in [1.807, 2.05) is 13.1 Å². The maximum absolute atomic E-state index is 9.80. The molecule has 0 atom stereocenters. The van der Waals surface area contributed by atoms with E-state index in [1.165, 1.54) is 5.69 Å². The van der Waals surface area contributed by atoms with Crippen molar-refractivity contribution in [2.45, 2.75) is 32.2 Å². The van der Waals surface area contributed by atoms with Crippen molar-refractivity contribution < 1.29 is 5.11 Å². The standard InChI is InChI=1S/C29H35N7O/c1-4-19-15-22(37)9-10-25(19)33-29(31)24-17-32-36-18-20(16-27(36)28(24)30)23-7-5-6-8-26(23)35-13-11-21(12-14-35)34(2)3/h5-10,15-18,21,37H,4,11-14,30H2,1-3H3,(H2,31,33). The summed E-state index contributed by atoms with van der Waals surface area (Å²) >= 11 is 0. The highest BCUT2D eigenvalue weighted by molar-refractivity contribution is 6.06. The Morgan fingerprint density at radius 2 is 1.89 bits per heavy atom. The monoisotopic (exact) mass is 497 g/mol. The van der Waals surface area contributed by atoms with E-state index in [4.69, 9.17) is 11.5 Å². The van der Waals surface area contributed by atoms with Gasteiger partial charge in [-0.2, -0.15) is 5.10 Å². The first-order valence-corrected chi connectivity index (χ1v) is 12.8. The molecule has 0 spiro atoms. The Hall–Kier alpha value is -4.04. The highest BCUT2D eigenvalue weighted by atomic mass is 16.3. The van der Waals surface area contributed by atoms with Crippen LogP contribution in [0.3, 0.4) is 0 Å². The third-order valence-corrected chi connectivity index (χ3v) is 7.39. The van der Waals surface area contributed by atoms with Crippen molar-refractivity contribution in [3.63, 3.8) is 0 Å². The molecule has 1 aliphatic rings. The van der Waals surface area contributed by atoms with Crippen LogP contribution in [0.5, 0.6) is 5.75 Å². The Labute approximate surface area is 217 Å². The van der Waals surface area contributed by atoms with Crippen molar-refractivity contribution >= 4 is 28.4 Å². The first kappa shape index (κ1) is 24.6. The Morgan fingerprint density at radius 3 is 2.62 bits per heavy atom. The van der Waals surface area contributed by atoms with Crippen molar-refractivity contribution in [1.82, 2.24) is 14.5 Å². The normalized spacial score (nSPS) is 15.1. The second-order valence-corrected chi connectivity index (χ2v) is 9.89. The molecule has 0 saturated carbocycles. The highest BCUT2D eigenvalue weighted by Crippen LogP contribution is 2.35. The van der Waals surface area contributed by atoms with Crippen molar-refractivity contribution in [3.05, 3.63) is 72.1 Å². The maximum Gasteiger partial charge on any atom is 0.135 e. The van der Waals surface area contributed by atoms with Crippen LogP contribution in [-0.2, 0) is 6.42 Å². The third kappa shape index (κ3) is 4.84. The Morgan fingerprint density at radius 1 is 1.14 bits per heavy atom. The van der Waals surface area contributed by atoms with E-state index < -0.39 is 0 Å². The molecule has 8 heteroatoms. The van der Waals surface area contributed by atoms with Gasteiger partial charge < -0.3 is 26.4 Å². The number of aromatic nitrogens is 2. The molecule has 5 N–H and O–H groups in total. The summed E-state index contributed by atoms with van der Waals surface area (Å²) in [7, 11) is 4.33. The summed E-state index contributed by atoms with van der Waals surface area (Å²) in [6.07, 6.45) is 6.70. The zero-order valence-corrected chi connectivity index (χ0v) is 21.7. The Balaban J connectivity index is 1.48. The van der Waals surface area contributed by atoms with Gasteiger partial charge in [-0.15, -0.1) is 0 Å². The van der Waals surface area contributed by atoms with Gasteiger partial charge in [0.05, 0.1) is 28.7 Å². The molecule has 0 bridgehead atoms. The van der Waals surface area contributed by atoms with Gasteiger partial charge in [-0.05, 0) is 69.3 Å². The predicted octanol–water partition coefficient (Wildman–Crippen LogP) is 4.42. The number of para-hydroxylation sites is 1. The van der Waals surface area contributed by atoms with Gasteiger partial charge in [0.15, 0.2) is 0 Å². The number of anilines is 2. The Kier molecular flexibility index (Phi) is 6.76. The van der Waals surface area contributed by atoms with Crippen LogP contribution in [0.1, 0.15) is 30.9 Å². The zero-order valence-electron chi connectivity index (χ0n) is 21.7. The third-order valence-electron chi connectivity index (χ3n) is 7.39. The number of benzene rings is 2. The number of aliphatic imine (C=N–C) groups is 1. The molecule has 4 aromatic rings. The fourth-order valence-corrected chi connectivity index (χ4v) is 5.20. The number of piperidine rings is 1. The van der Waals surface area contributed by atoms with Crippen LogP contribution in [0.2, 0.25) is 0 Å². The number of fused-ring (bicyclic) bond motifs is 1. The first-order valence-electron chi connectivity index (χ1n) is 12.8. The van der Waals surface area contributed by atoms with Crippen LogP contribution in [0.25, 0.3) is 16.6 Å². The average molecular weight is 498 g/mol. The summed E-state index contributed by atoms with van der Waals surface area (Å²) in [6.45, 7) is 4.07. The molecule has 37 heavy (non-hydrogen) atoms. The largest absolute Gasteiger partial charge is 0.508 e. The van der Waals surface area contributed by atoms with Gasteiger partial charge in [-0.25, -0.2) is 9.51 Å². The van der Waals surface area contributed by atoms with Gasteiger partial charge in [0.1, 0.15) is 11.6 Å². The summed E-state index contributed by atoms with van der Waals surface area (Å²) in [5, 5.41) is 14.4. The number of nitrogens with zero attached hydrogens (tertiary/aromatic N) is 5. The smallest absolute Gasteiger partial charge is 0.135 e. The molecular weight excluding hydrogens is 462 g/mol. The van der Waals surface area contributed by atoms with E-state index in [0.29, 0.717) is 28.8 Å². The maximum atomic E-state index is 9.80.